The van der Waals surface area contributed by atoms with Gasteiger partial charge in [-0.3, -0.25) is 0 Å². The van der Waals surface area contributed by atoms with Gasteiger partial charge in [0.25, 0.3) is 0 Å². The minimum Gasteiger partial charge on any atom is -0.442 e. The van der Waals surface area contributed by atoms with E-state index >= 15 is 0 Å². The van der Waals surface area contributed by atoms with E-state index in [1.54, 1.807) is 6.21 Å². The molecule has 1 aromatic carbocycles. The Balaban J connectivity index is 2.13. The monoisotopic (exact) mass is 337 g/mol. The van der Waals surface area contributed by atoms with Crippen molar-refractivity contribution in [1.29, 1.82) is 0 Å². The fraction of sp³-hybridized carbons (Fsp3) is 0.500. The molecule has 0 aliphatic heterocycles. The van der Waals surface area contributed by atoms with Crippen molar-refractivity contribution in [2.75, 3.05) is 0 Å². The zero-order chi connectivity index (χ0) is 14.8. The third-order valence-corrected chi connectivity index (χ3v) is 3.99. The molecule has 1 atom stereocenters. The first-order valence-electron chi connectivity index (χ1n) is 6.91. The highest BCUT2D eigenvalue weighted by Gasteiger charge is 2.21. The third kappa shape index (κ3) is 3.92. The number of nitrogens with zero attached hydrogens (tertiary/aromatic N) is 1. The Bertz CT molecular complexity index is 532. The summed E-state index contributed by atoms with van der Waals surface area (Å²) < 4.78 is 6.34. The lowest BCUT2D eigenvalue weighted by Gasteiger charge is -2.23. The average Bonchev–Trinajstić information content (AvgIpc) is 2.35. The van der Waals surface area contributed by atoms with E-state index in [-0.39, 0.29) is 5.92 Å². The molecule has 1 aromatic rings. The van der Waals surface area contributed by atoms with Crippen LogP contribution in [-0.2, 0) is 11.2 Å². The zero-order valence-electron chi connectivity index (χ0n) is 12.1. The predicted octanol–water partition coefficient (Wildman–Crippen LogP) is 4.87. The molecule has 0 spiro atoms. The second-order valence-electron chi connectivity index (χ2n) is 6.06. The summed E-state index contributed by atoms with van der Waals surface area (Å²) in [6, 6.07) is 6.21. The van der Waals surface area contributed by atoms with E-state index < -0.39 is 11.7 Å². The fourth-order valence-corrected chi connectivity index (χ4v) is 3.01. The summed E-state index contributed by atoms with van der Waals surface area (Å²) in [6.45, 7) is 5.52. The molecule has 0 bridgehead atoms. The van der Waals surface area contributed by atoms with Crippen molar-refractivity contribution in [3.05, 3.63) is 33.8 Å². The molecule has 0 heterocycles. The van der Waals surface area contributed by atoms with Crippen LogP contribution in [0.15, 0.2) is 27.7 Å². The molecule has 3 nitrogen and oxygen atoms in total. The maximum absolute atomic E-state index is 11.7. The standard InChI is InChI=1S/C16H20BrNO2/c1-16(2,3)20-15(19)18-10-11-6-4-8-13-12(11)7-5-9-14(13)17/h5,7,9-11H,4,6,8H2,1-3H3/b18-10-. The second kappa shape index (κ2) is 6.08. The van der Waals surface area contributed by atoms with Gasteiger partial charge < -0.3 is 4.74 Å². The minimum absolute atomic E-state index is 0.198. The quantitative estimate of drug-likeness (QED) is 0.685. The third-order valence-electron chi connectivity index (χ3n) is 3.25. The molecule has 20 heavy (non-hydrogen) atoms. The van der Waals surface area contributed by atoms with Crippen molar-refractivity contribution >= 4 is 28.2 Å². The van der Waals surface area contributed by atoms with Crippen LogP contribution in [0.4, 0.5) is 4.79 Å². The molecule has 0 saturated heterocycles. The molecule has 0 radical (unpaired) electrons. The van der Waals surface area contributed by atoms with Crippen LogP contribution in [0.25, 0.3) is 0 Å². The lowest BCUT2D eigenvalue weighted by atomic mass is 9.83. The van der Waals surface area contributed by atoms with Gasteiger partial charge in [0.05, 0.1) is 0 Å². The van der Waals surface area contributed by atoms with Crippen LogP contribution in [-0.4, -0.2) is 17.9 Å². The van der Waals surface area contributed by atoms with Crippen molar-refractivity contribution in [3.63, 3.8) is 0 Å². The molecule has 1 aliphatic carbocycles. The topological polar surface area (TPSA) is 38.7 Å². The van der Waals surface area contributed by atoms with E-state index in [9.17, 15) is 4.79 Å². The summed E-state index contributed by atoms with van der Waals surface area (Å²) >= 11 is 3.59. The molecule has 0 saturated carbocycles. The van der Waals surface area contributed by atoms with Crippen LogP contribution in [0.3, 0.4) is 0 Å². The van der Waals surface area contributed by atoms with Crippen molar-refractivity contribution < 1.29 is 9.53 Å². The molecule has 0 fully saturated rings. The first kappa shape index (κ1) is 15.2. The maximum atomic E-state index is 11.7. The highest BCUT2D eigenvalue weighted by molar-refractivity contribution is 9.10. The number of amides is 1. The van der Waals surface area contributed by atoms with Gasteiger partial charge in [0.1, 0.15) is 5.60 Å². The lowest BCUT2D eigenvalue weighted by molar-refractivity contribution is 0.0604. The zero-order valence-corrected chi connectivity index (χ0v) is 13.7. The normalized spacial score (nSPS) is 18.9. The Morgan fingerprint density at radius 1 is 1.45 bits per heavy atom. The summed E-state index contributed by atoms with van der Waals surface area (Å²) in [5, 5.41) is 0. The van der Waals surface area contributed by atoms with Gasteiger partial charge in [-0.15, -0.1) is 0 Å². The van der Waals surface area contributed by atoms with E-state index in [0.29, 0.717) is 0 Å². The number of rotatable bonds is 1. The first-order valence-corrected chi connectivity index (χ1v) is 7.70. The number of carbonyl (C=O) groups excluding carboxylic acids is 1. The minimum atomic E-state index is -0.514. The number of hydrogen-bond acceptors (Lipinski definition) is 2. The van der Waals surface area contributed by atoms with E-state index in [1.165, 1.54) is 11.1 Å². The first-order chi connectivity index (χ1) is 9.37. The van der Waals surface area contributed by atoms with Gasteiger partial charge in [-0.05, 0) is 57.2 Å². The molecule has 0 aromatic heterocycles. The molecule has 0 N–H and O–H groups in total. The molecule has 4 heteroatoms. The van der Waals surface area contributed by atoms with Crippen LogP contribution in [0.2, 0.25) is 0 Å². The van der Waals surface area contributed by atoms with Gasteiger partial charge in [-0.2, -0.15) is 4.99 Å². The molecule has 1 aliphatic rings. The largest absolute Gasteiger partial charge is 0.442 e. The molecule has 1 unspecified atom stereocenters. The predicted molar refractivity (Wildman–Crippen MR) is 84.5 cm³/mol. The van der Waals surface area contributed by atoms with Crippen molar-refractivity contribution in [3.8, 4) is 0 Å². The number of fused-ring (bicyclic) bond motifs is 1. The van der Waals surface area contributed by atoms with Gasteiger partial charge in [-0.1, -0.05) is 28.1 Å². The van der Waals surface area contributed by atoms with Gasteiger partial charge in [0.2, 0.25) is 0 Å². The van der Waals surface area contributed by atoms with Gasteiger partial charge in [-0.25, -0.2) is 4.79 Å². The SMILES string of the molecule is CC(C)(C)OC(=O)/N=C\C1CCCc2c(Br)cccc21. The number of halogens is 1. The summed E-state index contributed by atoms with van der Waals surface area (Å²) in [6.07, 6.45) is 4.43. The van der Waals surface area contributed by atoms with Crippen LogP contribution in [0.1, 0.15) is 50.7 Å². The number of benzene rings is 1. The van der Waals surface area contributed by atoms with E-state index in [2.05, 4.69) is 33.1 Å². The summed E-state index contributed by atoms with van der Waals surface area (Å²) in [7, 11) is 0. The van der Waals surface area contributed by atoms with Crippen LogP contribution in [0, 0.1) is 0 Å². The molecular formula is C16H20BrNO2. The summed E-state index contributed by atoms with van der Waals surface area (Å²) in [4.78, 5) is 15.6. The van der Waals surface area contributed by atoms with Gasteiger partial charge in [0, 0.05) is 16.6 Å². The van der Waals surface area contributed by atoms with Gasteiger partial charge >= 0.3 is 6.09 Å². The summed E-state index contributed by atoms with van der Waals surface area (Å²) in [5.74, 6) is 0.198. The van der Waals surface area contributed by atoms with E-state index in [1.807, 2.05) is 26.8 Å². The van der Waals surface area contributed by atoms with Crippen molar-refractivity contribution in [2.24, 2.45) is 4.99 Å². The van der Waals surface area contributed by atoms with Crippen molar-refractivity contribution in [2.45, 2.75) is 51.6 Å². The Labute approximate surface area is 128 Å². The molecule has 108 valence electrons. The molecular weight excluding hydrogens is 318 g/mol. The van der Waals surface area contributed by atoms with Crippen LogP contribution >= 0.6 is 15.9 Å². The van der Waals surface area contributed by atoms with E-state index in [4.69, 9.17) is 4.74 Å². The number of carbonyl (C=O) groups is 1. The summed E-state index contributed by atoms with van der Waals surface area (Å²) in [5.41, 5.74) is 2.10. The lowest BCUT2D eigenvalue weighted by Crippen LogP contribution is -2.22. The number of aliphatic imine (C=N–C) groups is 1. The van der Waals surface area contributed by atoms with Gasteiger partial charge in [0.15, 0.2) is 0 Å². The Hall–Kier alpha value is -1.16. The Morgan fingerprint density at radius 3 is 2.90 bits per heavy atom. The molecule has 1 amide bonds. The Kier molecular flexibility index (Phi) is 4.63. The smallest absolute Gasteiger partial charge is 0.433 e. The average molecular weight is 338 g/mol. The fourth-order valence-electron chi connectivity index (χ4n) is 2.43. The number of hydrogen-bond donors (Lipinski definition) is 0. The highest BCUT2D eigenvalue weighted by Crippen LogP contribution is 2.34. The van der Waals surface area contributed by atoms with Crippen molar-refractivity contribution in [1.82, 2.24) is 0 Å². The highest BCUT2D eigenvalue weighted by atomic mass is 79.9. The maximum Gasteiger partial charge on any atom is 0.433 e. The molecule has 2 rings (SSSR count). The Morgan fingerprint density at radius 2 is 2.20 bits per heavy atom. The van der Waals surface area contributed by atoms with E-state index in [0.717, 1.165) is 23.7 Å². The second-order valence-corrected chi connectivity index (χ2v) is 6.92. The number of ether oxygens (including phenoxy) is 1. The van der Waals surface area contributed by atoms with Crippen LogP contribution < -0.4 is 0 Å². The van der Waals surface area contributed by atoms with Crippen LogP contribution in [0.5, 0.6) is 0 Å².